The molecule has 0 N–H and O–H groups in total. The van der Waals surface area contributed by atoms with Gasteiger partial charge < -0.3 is 4.74 Å². The molecule has 1 heterocycles. The zero-order valence-electron chi connectivity index (χ0n) is 12.0. The zero-order chi connectivity index (χ0) is 14.6. The number of carbonyl (C=O) groups excluding carboxylic acids is 1. The van der Waals surface area contributed by atoms with Crippen molar-refractivity contribution in [2.45, 2.75) is 32.8 Å². The lowest BCUT2D eigenvalue weighted by molar-refractivity contribution is 0.112. The van der Waals surface area contributed by atoms with Gasteiger partial charge >= 0.3 is 0 Å². The number of carbonyl (C=O) groups is 1. The van der Waals surface area contributed by atoms with E-state index in [-0.39, 0.29) is 12.0 Å². The molecule has 1 aromatic heterocycles. The lowest BCUT2D eigenvalue weighted by Gasteiger charge is -2.19. The highest BCUT2D eigenvalue weighted by molar-refractivity contribution is 5.73. The van der Waals surface area contributed by atoms with Crippen molar-refractivity contribution in [1.29, 1.82) is 0 Å². The highest BCUT2D eigenvalue weighted by Crippen LogP contribution is 2.24. The second kappa shape index (κ2) is 5.82. The van der Waals surface area contributed by atoms with Crippen LogP contribution < -0.4 is 4.74 Å². The number of aldehydes is 1. The molecule has 0 spiro atoms. The molecule has 0 saturated heterocycles. The van der Waals surface area contributed by atoms with Crippen molar-refractivity contribution in [3.05, 3.63) is 53.6 Å². The minimum atomic E-state index is 0.131. The first-order valence-electron chi connectivity index (χ1n) is 6.48. The maximum absolute atomic E-state index is 10.5. The first-order chi connectivity index (χ1) is 9.49. The van der Waals surface area contributed by atoms with E-state index < -0.39 is 0 Å². The molecule has 2 rings (SSSR count). The van der Waals surface area contributed by atoms with Crippen LogP contribution in [0.1, 0.15) is 42.5 Å². The minimum Gasteiger partial charge on any atom is -0.486 e. The fourth-order valence-corrected chi connectivity index (χ4v) is 1.70. The zero-order valence-corrected chi connectivity index (χ0v) is 12.0. The van der Waals surface area contributed by atoms with Crippen LogP contribution in [0.2, 0.25) is 0 Å². The van der Waals surface area contributed by atoms with Gasteiger partial charge in [-0.25, -0.2) is 9.97 Å². The average molecular weight is 270 g/mol. The third-order valence-corrected chi connectivity index (χ3v) is 2.95. The van der Waals surface area contributed by atoms with E-state index in [9.17, 15) is 4.79 Å². The Morgan fingerprint density at radius 1 is 1.10 bits per heavy atom. The maximum Gasteiger partial charge on any atom is 0.166 e. The van der Waals surface area contributed by atoms with Crippen LogP contribution in [0.5, 0.6) is 5.75 Å². The van der Waals surface area contributed by atoms with E-state index >= 15 is 0 Å². The number of benzene rings is 1. The van der Waals surface area contributed by atoms with E-state index in [1.165, 1.54) is 18.0 Å². The Labute approximate surface area is 118 Å². The lowest BCUT2D eigenvalue weighted by Crippen LogP contribution is -2.10. The van der Waals surface area contributed by atoms with E-state index in [0.29, 0.717) is 11.4 Å². The normalized spacial score (nSPS) is 11.2. The molecule has 2 aromatic rings. The summed E-state index contributed by atoms with van der Waals surface area (Å²) in [4.78, 5) is 18.6. The standard InChI is InChI=1S/C16H18N2O2/c1-16(2,3)13-4-6-14(7-5-13)20-11-15-17-8-12(10-19)9-18-15/h4-10H,11H2,1-3H3. The number of nitrogens with zero attached hydrogens (tertiary/aromatic N) is 2. The predicted octanol–water partition coefficient (Wildman–Crippen LogP) is 3.17. The van der Waals surface area contributed by atoms with Crippen molar-refractivity contribution in [1.82, 2.24) is 9.97 Å². The number of ether oxygens (including phenoxy) is 1. The molecule has 0 unspecified atom stereocenters. The van der Waals surface area contributed by atoms with E-state index in [1.54, 1.807) is 0 Å². The summed E-state index contributed by atoms with van der Waals surface area (Å²) < 4.78 is 5.62. The average Bonchev–Trinajstić information content (AvgIpc) is 2.45. The molecule has 0 aliphatic rings. The van der Waals surface area contributed by atoms with E-state index in [4.69, 9.17) is 4.74 Å². The lowest BCUT2D eigenvalue weighted by atomic mass is 9.87. The number of hydrogen-bond acceptors (Lipinski definition) is 4. The predicted molar refractivity (Wildman–Crippen MR) is 76.9 cm³/mol. The maximum atomic E-state index is 10.5. The molecule has 104 valence electrons. The molecule has 0 saturated carbocycles. The summed E-state index contributed by atoms with van der Waals surface area (Å²) in [7, 11) is 0. The van der Waals surface area contributed by atoms with Gasteiger partial charge in [-0.1, -0.05) is 32.9 Å². The first kappa shape index (κ1) is 14.2. The molecule has 20 heavy (non-hydrogen) atoms. The highest BCUT2D eigenvalue weighted by atomic mass is 16.5. The van der Waals surface area contributed by atoms with Crippen molar-refractivity contribution < 1.29 is 9.53 Å². The molecule has 0 fully saturated rings. The molecule has 0 aliphatic carbocycles. The summed E-state index contributed by atoms with van der Waals surface area (Å²) in [6.07, 6.45) is 3.69. The highest BCUT2D eigenvalue weighted by Gasteiger charge is 2.12. The van der Waals surface area contributed by atoms with Crippen LogP contribution in [0, 0.1) is 0 Å². The quantitative estimate of drug-likeness (QED) is 0.801. The molecule has 4 heteroatoms. The van der Waals surface area contributed by atoms with Crippen LogP contribution in [0.25, 0.3) is 0 Å². The monoisotopic (exact) mass is 270 g/mol. The molecule has 0 bridgehead atoms. The molecule has 4 nitrogen and oxygen atoms in total. The van der Waals surface area contributed by atoms with E-state index in [0.717, 1.165) is 12.0 Å². The van der Waals surface area contributed by atoms with Gasteiger partial charge in [0, 0.05) is 12.4 Å². The molecular formula is C16H18N2O2. The van der Waals surface area contributed by atoms with Crippen molar-refractivity contribution in [3.8, 4) is 5.75 Å². The number of aromatic nitrogens is 2. The van der Waals surface area contributed by atoms with Gasteiger partial charge in [0.15, 0.2) is 12.1 Å². The van der Waals surface area contributed by atoms with Gasteiger partial charge in [-0.3, -0.25) is 4.79 Å². The molecule has 1 aromatic carbocycles. The third kappa shape index (κ3) is 3.63. The van der Waals surface area contributed by atoms with Crippen LogP contribution in [0.15, 0.2) is 36.7 Å². The minimum absolute atomic E-state index is 0.131. The third-order valence-electron chi connectivity index (χ3n) is 2.95. The van der Waals surface area contributed by atoms with Crippen molar-refractivity contribution in [3.63, 3.8) is 0 Å². The van der Waals surface area contributed by atoms with E-state index in [1.807, 2.05) is 12.1 Å². The molecule has 0 amide bonds. The van der Waals surface area contributed by atoms with Gasteiger partial charge in [-0.15, -0.1) is 0 Å². The summed E-state index contributed by atoms with van der Waals surface area (Å²) in [5.41, 5.74) is 1.85. The van der Waals surface area contributed by atoms with Gasteiger partial charge in [-0.2, -0.15) is 0 Å². The summed E-state index contributed by atoms with van der Waals surface area (Å²) in [6, 6.07) is 8.01. The summed E-state index contributed by atoms with van der Waals surface area (Å²) >= 11 is 0. The number of rotatable bonds is 4. The van der Waals surface area contributed by atoms with Crippen molar-refractivity contribution >= 4 is 6.29 Å². The van der Waals surface area contributed by atoms with Crippen LogP contribution in [-0.2, 0) is 12.0 Å². The van der Waals surface area contributed by atoms with Crippen LogP contribution in [-0.4, -0.2) is 16.3 Å². The second-order valence-electron chi connectivity index (χ2n) is 5.61. The van der Waals surface area contributed by atoms with Crippen LogP contribution in [0.4, 0.5) is 0 Å². The van der Waals surface area contributed by atoms with Crippen LogP contribution in [0.3, 0.4) is 0 Å². The Morgan fingerprint density at radius 3 is 2.20 bits per heavy atom. The Hall–Kier alpha value is -2.23. The summed E-state index contributed by atoms with van der Waals surface area (Å²) in [6.45, 7) is 6.80. The van der Waals surface area contributed by atoms with Gasteiger partial charge in [0.05, 0.1) is 5.56 Å². The van der Waals surface area contributed by atoms with Gasteiger partial charge in [0.1, 0.15) is 12.4 Å². The Bertz CT molecular complexity index is 569. The smallest absolute Gasteiger partial charge is 0.166 e. The summed E-state index contributed by atoms with van der Waals surface area (Å²) in [5, 5.41) is 0. The Kier molecular flexibility index (Phi) is 4.13. The topological polar surface area (TPSA) is 52.1 Å². The molecule has 0 atom stereocenters. The largest absolute Gasteiger partial charge is 0.486 e. The van der Waals surface area contributed by atoms with Crippen molar-refractivity contribution in [2.75, 3.05) is 0 Å². The van der Waals surface area contributed by atoms with E-state index in [2.05, 4.69) is 42.9 Å². The summed E-state index contributed by atoms with van der Waals surface area (Å²) in [5.74, 6) is 1.33. The van der Waals surface area contributed by atoms with Gasteiger partial charge in [0.2, 0.25) is 0 Å². The van der Waals surface area contributed by atoms with Crippen LogP contribution >= 0.6 is 0 Å². The molecule has 0 radical (unpaired) electrons. The van der Waals surface area contributed by atoms with Crippen molar-refractivity contribution in [2.24, 2.45) is 0 Å². The Morgan fingerprint density at radius 2 is 1.70 bits per heavy atom. The molecular weight excluding hydrogens is 252 g/mol. The first-order valence-corrected chi connectivity index (χ1v) is 6.48. The fourth-order valence-electron chi connectivity index (χ4n) is 1.70. The Balaban J connectivity index is 1.98. The van der Waals surface area contributed by atoms with Gasteiger partial charge in [0.25, 0.3) is 0 Å². The second-order valence-corrected chi connectivity index (χ2v) is 5.61. The SMILES string of the molecule is CC(C)(C)c1ccc(OCc2ncc(C=O)cn2)cc1. The molecule has 0 aliphatic heterocycles. The fraction of sp³-hybridized carbons (Fsp3) is 0.312. The van der Waals surface area contributed by atoms with Gasteiger partial charge in [-0.05, 0) is 23.1 Å². The number of hydrogen-bond donors (Lipinski definition) is 0.